The van der Waals surface area contributed by atoms with Crippen molar-refractivity contribution < 1.29 is 4.79 Å². The van der Waals surface area contributed by atoms with Crippen molar-refractivity contribution in [2.24, 2.45) is 0 Å². The second kappa shape index (κ2) is 3.98. The maximum atomic E-state index is 11.6. The van der Waals surface area contributed by atoms with Crippen molar-refractivity contribution in [1.82, 2.24) is 4.98 Å². The van der Waals surface area contributed by atoms with Gasteiger partial charge in [0.2, 0.25) is 5.91 Å². The summed E-state index contributed by atoms with van der Waals surface area (Å²) in [4.78, 5) is 17.7. The van der Waals surface area contributed by atoms with E-state index >= 15 is 0 Å². The number of carbonyl (C=O) groups excluding carboxylic acids is 1. The van der Waals surface area contributed by atoms with Crippen molar-refractivity contribution in [2.45, 2.75) is 11.2 Å². The van der Waals surface area contributed by atoms with E-state index in [1.54, 1.807) is 11.1 Å². The summed E-state index contributed by atoms with van der Waals surface area (Å²) in [5.74, 6) is 0.825. The van der Waals surface area contributed by atoms with Crippen LogP contribution in [0.5, 0.6) is 0 Å². The summed E-state index contributed by atoms with van der Waals surface area (Å²) in [6.45, 7) is 0.689. The molecule has 0 N–H and O–H groups in total. The second-order valence-electron chi connectivity index (χ2n) is 3.11. The molecule has 2 heterocycles. The first-order valence-corrected chi connectivity index (χ1v) is 5.94. The molecular formula is C9H8Br2N2O. The van der Waals surface area contributed by atoms with Crippen LogP contribution >= 0.6 is 31.9 Å². The summed E-state index contributed by atoms with van der Waals surface area (Å²) >= 11 is 6.82. The van der Waals surface area contributed by atoms with Crippen molar-refractivity contribution in [1.29, 1.82) is 0 Å². The van der Waals surface area contributed by atoms with Crippen molar-refractivity contribution in [3.05, 3.63) is 22.8 Å². The molecule has 1 atom stereocenters. The molecule has 1 aromatic heterocycles. The van der Waals surface area contributed by atoms with Gasteiger partial charge >= 0.3 is 0 Å². The number of anilines is 1. The first-order valence-electron chi connectivity index (χ1n) is 4.23. The molecule has 3 nitrogen and oxygen atoms in total. The van der Waals surface area contributed by atoms with E-state index in [0.29, 0.717) is 18.8 Å². The molecule has 1 amide bonds. The minimum Gasteiger partial charge on any atom is -0.295 e. The predicted octanol–water partition coefficient (Wildman–Crippen LogP) is 2.34. The number of rotatable bonds is 1. The van der Waals surface area contributed by atoms with E-state index in [9.17, 15) is 4.79 Å². The van der Waals surface area contributed by atoms with E-state index < -0.39 is 0 Å². The standard InChI is InChI=1S/C9H8Br2N2O/c10-6-4-8(14)13(5-6)9-7(11)2-1-3-12-9/h1-3,6H,4-5H2. The molecule has 1 aromatic rings. The minimum absolute atomic E-state index is 0.117. The predicted molar refractivity (Wildman–Crippen MR) is 61.6 cm³/mol. The molecule has 14 heavy (non-hydrogen) atoms. The minimum atomic E-state index is 0.117. The molecule has 1 aliphatic rings. The Balaban J connectivity index is 2.32. The van der Waals surface area contributed by atoms with Crippen LogP contribution in [0, 0.1) is 0 Å². The highest BCUT2D eigenvalue weighted by Gasteiger charge is 2.30. The highest BCUT2D eigenvalue weighted by atomic mass is 79.9. The van der Waals surface area contributed by atoms with Gasteiger partial charge < -0.3 is 0 Å². The van der Waals surface area contributed by atoms with Gasteiger partial charge in [0, 0.05) is 24.0 Å². The number of halogens is 2. The quantitative estimate of drug-likeness (QED) is 0.744. The zero-order valence-corrected chi connectivity index (χ0v) is 10.5. The first-order chi connectivity index (χ1) is 6.68. The Bertz CT molecular complexity index is 370. The average Bonchev–Trinajstić information content (AvgIpc) is 2.46. The van der Waals surface area contributed by atoms with Crippen molar-refractivity contribution in [2.75, 3.05) is 11.4 Å². The normalized spacial score (nSPS) is 21.7. The number of alkyl halides is 1. The molecule has 2 rings (SSSR count). The Morgan fingerprint density at radius 2 is 2.36 bits per heavy atom. The summed E-state index contributed by atoms with van der Waals surface area (Å²) in [6.07, 6.45) is 2.23. The van der Waals surface area contributed by atoms with Gasteiger partial charge in [0.1, 0.15) is 5.82 Å². The van der Waals surface area contributed by atoms with Crippen LogP contribution in [-0.2, 0) is 4.79 Å². The van der Waals surface area contributed by atoms with Crippen LogP contribution in [0.15, 0.2) is 22.8 Å². The van der Waals surface area contributed by atoms with E-state index in [4.69, 9.17) is 0 Å². The fraction of sp³-hybridized carbons (Fsp3) is 0.333. The highest BCUT2D eigenvalue weighted by Crippen LogP contribution is 2.28. The fourth-order valence-corrected chi connectivity index (χ4v) is 2.48. The Morgan fingerprint density at radius 3 is 2.93 bits per heavy atom. The second-order valence-corrected chi connectivity index (χ2v) is 5.26. The molecule has 0 bridgehead atoms. The molecule has 0 spiro atoms. The molecule has 5 heteroatoms. The van der Waals surface area contributed by atoms with Gasteiger partial charge in [-0.2, -0.15) is 0 Å². The summed E-state index contributed by atoms with van der Waals surface area (Å²) in [7, 11) is 0. The monoisotopic (exact) mass is 318 g/mol. The van der Waals surface area contributed by atoms with Gasteiger partial charge in [0.25, 0.3) is 0 Å². The van der Waals surface area contributed by atoms with Crippen LogP contribution in [0.25, 0.3) is 0 Å². The van der Waals surface area contributed by atoms with E-state index in [-0.39, 0.29) is 10.7 Å². The lowest BCUT2D eigenvalue weighted by atomic mass is 10.4. The van der Waals surface area contributed by atoms with Crippen molar-refractivity contribution >= 4 is 43.6 Å². The molecule has 0 saturated carbocycles. The maximum absolute atomic E-state index is 11.6. The smallest absolute Gasteiger partial charge is 0.229 e. The zero-order valence-electron chi connectivity index (χ0n) is 7.28. The van der Waals surface area contributed by atoms with Gasteiger partial charge in [-0.3, -0.25) is 9.69 Å². The third-order valence-corrected chi connectivity index (χ3v) is 3.30. The largest absolute Gasteiger partial charge is 0.295 e. The average molecular weight is 320 g/mol. The molecule has 1 unspecified atom stereocenters. The van der Waals surface area contributed by atoms with E-state index in [2.05, 4.69) is 36.8 Å². The first kappa shape index (κ1) is 10.1. The number of aromatic nitrogens is 1. The third-order valence-electron chi connectivity index (χ3n) is 2.07. The lowest BCUT2D eigenvalue weighted by molar-refractivity contribution is -0.117. The molecular weight excluding hydrogens is 312 g/mol. The number of hydrogen-bond acceptors (Lipinski definition) is 2. The summed E-state index contributed by atoms with van der Waals surface area (Å²) in [5, 5.41) is 0. The SMILES string of the molecule is O=C1CC(Br)CN1c1ncccc1Br. The fourth-order valence-electron chi connectivity index (χ4n) is 1.44. The molecule has 1 saturated heterocycles. The summed E-state index contributed by atoms with van der Waals surface area (Å²) < 4.78 is 0.856. The van der Waals surface area contributed by atoms with Gasteiger partial charge in [-0.15, -0.1) is 0 Å². The molecule has 0 aliphatic carbocycles. The molecule has 0 aromatic carbocycles. The van der Waals surface area contributed by atoms with Gasteiger partial charge in [-0.05, 0) is 28.1 Å². The maximum Gasteiger partial charge on any atom is 0.229 e. The Labute approximate surface area is 98.8 Å². The molecule has 0 radical (unpaired) electrons. The van der Waals surface area contributed by atoms with Crippen LogP contribution < -0.4 is 4.90 Å². The number of pyridine rings is 1. The highest BCUT2D eigenvalue weighted by molar-refractivity contribution is 9.10. The topological polar surface area (TPSA) is 33.2 Å². The van der Waals surface area contributed by atoms with Crippen LogP contribution in [-0.4, -0.2) is 22.3 Å². The van der Waals surface area contributed by atoms with Gasteiger partial charge in [-0.1, -0.05) is 15.9 Å². The number of hydrogen-bond donors (Lipinski definition) is 0. The van der Waals surface area contributed by atoms with E-state index in [0.717, 1.165) is 4.47 Å². The molecule has 1 aliphatic heterocycles. The summed E-state index contributed by atoms with van der Waals surface area (Å²) in [6, 6.07) is 3.72. The number of carbonyl (C=O) groups is 1. The Hall–Kier alpha value is -0.420. The van der Waals surface area contributed by atoms with Crippen LogP contribution in [0.4, 0.5) is 5.82 Å². The molecule has 74 valence electrons. The lowest BCUT2D eigenvalue weighted by Gasteiger charge is -2.15. The van der Waals surface area contributed by atoms with Crippen LogP contribution in [0.1, 0.15) is 6.42 Å². The zero-order chi connectivity index (χ0) is 10.1. The Kier molecular flexibility index (Phi) is 2.88. The van der Waals surface area contributed by atoms with E-state index in [1.807, 2.05) is 12.1 Å². The number of amides is 1. The van der Waals surface area contributed by atoms with Gasteiger partial charge in [0.05, 0.1) is 4.47 Å². The molecule has 1 fully saturated rings. The van der Waals surface area contributed by atoms with Crippen LogP contribution in [0.3, 0.4) is 0 Å². The van der Waals surface area contributed by atoms with Crippen molar-refractivity contribution in [3.63, 3.8) is 0 Å². The van der Waals surface area contributed by atoms with Crippen molar-refractivity contribution in [3.8, 4) is 0 Å². The number of nitrogens with zero attached hydrogens (tertiary/aromatic N) is 2. The lowest BCUT2D eigenvalue weighted by Crippen LogP contribution is -2.25. The third kappa shape index (κ3) is 1.83. The van der Waals surface area contributed by atoms with Gasteiger partial charge in [-0.25, -0.2) is 4.98 Å². The van der Waals surface area contributed by atoms with E-state index in [1.165, 1.54) is 0 Å². The van der Waals surface area contributed by atoms with Gasteiger partial charge in [0.15, 0.2) is 0 Å². The summed E-state index contributed by atoms with van der Waals surface area (Å²) in [5.41, 5.74) is 0. The van der Waals surface area contributed by atoms with Crippen LogP contribution in [0.2, 0.25) is 0 Å². The Morgan fingerprint density at radius 1 is 1.57 bits per heavy atom.